The number of nitriles is 1. The van der Waals surface area contributed by atoms with Gasteiger partial charge in [-0.05, 0) is 78.9 Å². The van der Waals surface area contributed by atoms with Gasteiger partial charge < -0.3 is 15.2 Å². The summed E-state index contributed by atoms with van der Waals surface area (Å²) < 4.78 is 9.06. The number of anilines is 1. The lowest BCUT2D eigenvalue weighted by atomic mass is 10.2. The maximum atomic E-state index is 13.7. The Morgan fingerprint density at radius 3 is 2.36 bits per heavy atom. The quantitative estimate of drug-likeness (QED) is 0.260. The first-order valence-corrected chi connectivity index (χ1v) is 11.1. The molecule has 0 bridgehead atoms. The molecular weight excluding hydrogens is 454 g/mol. The van der Waals surface area contributed by atoms with Crippen LogP contribution in [0.4, 0.5) is 5.69 Å². The topological polar surface area (TPSA) is 105 Å². The van der Waals surface area contributed by atoms with Gasteiger partial charge in [0.05, 0.1) is 40.2 Å². The molecule has 5 aromatic rings. The fraction of sp³-hybridized carbons (Fsp3) is 0.0357. The summed E-state index contributed by atoms with van der Waals surface area (Å²) in [6.07, 6.45) is 3.76. The second kappa shape index (κ2) is 9.62. The third-order valence-electron chi connectivity index (χ3n) is 5.60. The average Bonchev–Trinajstić information content (AvgIpc) is 3.21. The van der Waals surface area contributed by atoms with Gasteiger partial charge >= 0.3 is 5.69 Å². The Morgan fingerprint density at radius 2 is 1.67 bits per heavy atom. The summed E-state index contributed by atoms with van der Waals surface area (Å²) in [6, 6.07) is 25.1. The normalized spacial score (nSPS) is 11.6. The molecule has 2 N–H and O–H groups in total. The van der Waals surface area contributed by atoms with E-state index in [1.807, 2.05) is 6.07 Å². The van der Waals surface area contributed by atoms with Crippen LogP contribution in [0.3, 0.4) is 0 Å². The van der Waals surface area contributed by atoms with Crippen molar-refractivity contribution < 1.29 is 9.84 Å². The number of nitrogens with one attached hydrogen (secondary N) is 1. The lowest BCUT2D eigenvalue weighted by Gasteiger charge is -2.11. The molecule has 176 valence electrons. The highest BCUT2D eigenvalue weighted by Gasteiger charge is 2.17. The molecule has 0 saturated heterocycles. The van der Waals surface area contributed by atoms with Gasteiger partial charge in [-0.25, -0.2) is 4.79 Å². The number of aromatic nitrogens is 3. The number of hydrogen-bond acceptors (Lipinski definition) is 6. The summed E-state index contributed by atoms with van der Waals surface area (Å²) in [4.78, 5) is 17.9. The zero-order valence-corrected chi connectivity index (χ0v) is 19.1. The highest BCUT2D eigenvalue weighted by molar-refractivity contribution is 5.79. The number of fused-ring (bicyclic) bond motifs is 1. The molecule has 0 spiro atoms. The lowest BCUT2D eigenvalue weighted by Crippen LogP contribution is -2.22. The lowest BCUT2D eigenvalue weighted by molar-refractivity contribution is 0.253. The molecule has 8 nitrogen and oxygen atoms in total. The van der Waals surface area contributed by atoms with E-state index in [-0.39, 0.29) is 5.69 Å². The number of pyridine rings is 1. The van der Waals surface area contributed by atoms with Crippen molar-refractivity contribution in [2.75, 3.05) is 5.32 Å². The molecule has 36 heavy (non-hydrogen) atoms. The van der Waals surface area contributed by atoms with E-state index in [4.69, 9.17) is 10.00 Å². The molecule has 0 aliphatic rings. The minimum absolute atomic E-state index is 0.264. The highest BCUT2D eigenvalue weighted by Crippen LogP contribution is 2.25. The molecule has 2 heterocycles. The zero-order chi connectivity index (χ0) is 25.1. The van der Waals surface area contributed by atoms with Crippen molar-refractivity contribution in [2.24, 2.45) is 0 Å². The summed E-state index contributed by atoms with van der Waals surface area (Å²) in [5, 5.41) is 21.7. The molecule has 8 heteroatoms. The number of imidazole rings is 1. The van der Waals surface area contributed by atoms with Gasteiger partial charge in [-0.15, -0.1) is 0 Å². The first-order valence-electron chi connectivity index (χ1n) is 11.1. The number of aliphatic hydroxyl groups excluding tert-OH is 1. The maximum Gasteiger partial charge on any atom is 0.338 e. The predicted octanol–water partition coefficient (Wildman–Crippen LogP) is 4.76. The van der Waals surface area contributed by atoms with Crippen molar-refractivity contribution in [3.05, 3.63) is 120 Å². The molecule has 5 rings (SSSR count). The van der Waals surface area contributed by atoms with Crippen LogP contribution < -0.4 is 15.7 Å². The van der Waals surface area contributed by atoms with Crippen molar-refractivity contribution in [2.45, 2.75) is 6.23 Å². The third-order valence-corrected chi connectivity index (χ3v) is 5.60. The number of hydrogen-bond donors (Lipinski definition) is 2. The van der Waals surface area contributed by atoms with E-state index in [1.165, 1.54) is 6.08 Å². The Balaban J connectivity index is 1.53. The molecule has 1 atom stereocenters. The Hall–Kier alpha value is -5.13. The summed E-state index contributed by atoms with van der Waals surface area (Å²) in [7, 11) is 0. The largest absolute Gasteiger partial charge is 0.457 e. The molecule has 1 unspecified atom stereocenters. The molecule has 0 fully saturated rings. The molecule has 3 aromatic carbocycles. The molecule has 0 saturated carbocycles. The van der Waals surface area contributed by atoms with Crippen molar-refractivity contribution in [1.29, 1.82) is 5.26 Å². The molecule has 2 aromatic heterocycles. The number of ether oxygens (including phenoxy) is 1. The van der Waals surface area contributed by atoms with Gasteiger partial charge in [0.2, 0.25) is 0 Å². The van der Waals surface area contributed by atoms with Crippen molar-refractivity contribution >= 4 is 16.7 Å². The minimum Gasteiger partial charge on any atom is -0.457 e. The van der Waals surface area contributed by atoms with Gasteiger partial charge in [-0.1, -0.05) is 12.6 Å². The van der Waals surface area contributed by atoms with E-state index in [2.05, 4.69) is 22.9 Å². The van der Waals surface area contributed by atoms with Crippen LogP contribution >= 0.6 is 0 Å². The van der Waals surface area contributed by atoms with Crippen molar-refractivity contribution in [3.63, 3.8) is 0 Å². The summed E-state index contributed by atoms with van der Waals surface area (Å²) >= 11 is 0. The number of nitrogens with zero attached hydrogens (tertiary/aromatic N) is 4. The Labute approximate surface area is 206 Å². The second-order valence-electron chi connectivity index (χ2n) is 7.93. The maximum absolute atomic E-state index is 13.7. The van der Waals surface area contributed by atoms with Gasteiger partial charge in [0, 0.05) is 11.9 Å². The van der Waals surface area contributed by atoms with Gasteiger partial charge in [-0.3, -0.25) is 14.1 Å². The summed E-state index contributed by atoms with van der Waals surface area (Å²) in [5.41, 5.74) is 3.56. The van der Waals surface area contributed by atoms with Crippen LogP contribution in [0.15, 0.2) is 109 Å². The monoisotopic (exact) mass is 475 g/mol. The summed E-state index contributed by atoms with van der Waals surface area (Å²) in [6.45, 7) is 3.57. The Bertz CT molecular complexity index is 1640. The van der Waals surface area contributed by atoms with Gasteiger partial charge in [0.25, 0.3) is 0 Å². The van der Waals surface area contributed by atoms with Gasteiger partial charge in [0.1, 0.15) is 17.7 Å². The number of aliphatic hydroxyl groups is 1. The SMILES string of the molecule is C=CC(O)Nc1cccc(-n2c(=O)n(-c3ccc(Oc4ccc(C#N)cc4)cc3)c3cnccc32)c1. The van der Waals surface area contributed by atoms with Gasteiger partial charge in [0.15, 0.2) is 0 Å². The molecule has 0 radical (unpaired) electrons. The average molecular weight is 476 g/mol. The number of benzene rings is 3. The molecule has 0 amide bonds. The van der Waals surface area contributed by atoms with Crippen LogP contribution in [0, 0.1) is 11.3 Å². The standard InChI is InChI=1S/C28H21N5O3/c1-2-27(34)31-20-4-3-5-22(16-20)33-25-14-15-30-18-26(25)32(28(33)35)21-8-12-24(13-9-21)36-23-10-6-19(17-29)7-11-23/h2-16,18,27,31,34H,1H2. The minimum atomic E-state index is -0.910. The molecule has 0 aliphatic heterocycles. The molecular formula is C28H21N5O3. The van der Waals surface area contributed by atoms with E-state index in [9.17, 15) is 9.90 Å². The Morgan fingerprint density at radius 1 is 0.972 bits per heavy atom. The highest BCUT2D eigenvalue weighted by atomic mass is 16.5. The smallest absolute Gasteiger partial charge is 0.338 e. The van der Waals surface area contributed by atoms with Crippen LogP contribution in [-0.2, 0) is 0 Å². The van der Waals surface area contributed by atoms with E-state index < -0.39 is 6.23 Å². The van der Waals surface area contributed by atoms with Crippen LogP contribution in [0.2, 0.25) is 0 Å². The van der Waals surface area contributed by atoms with E-state index >= 15 is 0 Å². The predicted molar refractivity (Wildman–Crippen MR) is 138 cm³/mol. The van der Waals surface area contributed by atoms with E-state index in [0.29, 0.717) is 45.2 Å². The fourth-order valence-corrected chi connectivity index (χ4v) is 3.91. The van der Waals surface area contributed by atoms with Crippen LogP contribution in [0.5, 0.6) is 11.5 Å². The third kappa shape index (κ3) is 4.34. The van der Waals surface area contributed by atoms with Crippen molar-refractivity contribution in [1.82, 2.24) is 14.1 Å². The van der Waals surface area contributed by atoms with Crippen LogP contribution in [-0.4, -0.2) is 25.5 Å². The zero-order valence-electron chi connectivity index (χ0n) is 19.1. The van der Waals surface area contributed by atoms with E-state index in [0.717, 1.165) is 0 Å². The first-order chi connectivity index (χ1) is 17.6. The first kappa shape index (κ1) is 22.7. The fourth-order valence-electron chi connectivity index (χ4n) is 3.91. The Kier molecular flexibility index (Phi) is 6.05. The second-order valence-corrected chi connectivity index (χ2v) is 7.93. The molecule has 0 aliphatic carbocycles. The van der Waals surface area contributed by atoms with Crippen molar-refractivity contribution in [3.8, 4) is 28.9 Å². The van der Waals surface area contributed by atoms with Crippen LogP contribution in [0.1, 0.15) is 5.56 Å². The number of rotatable bonds is 7. The van der Waals surface area contributed by atoms with E-state index in [1.54, 1.807) is 94.3 Å². The van der Waals surface area contributed by atoms with Gasteiger partial charge in [-0.2, -0.15) is 5.26 Å². The summed E-state index contributed by atoms with van der Waals surface area (Å²) in [5.74, 6) is 1.20. The van der Waals surface area contributed by atoms with Crippen LogP contribution in [0.25, 0.3) is 22.4 Å².